The van der Waals surface area contributed by atoms with Crippen LogP contribution < -0.4 is 10.6 Å². The summed E-state index contributed by atoms with van der Waals surface area (Å²) in [6.07, 6.45) is 1.08. The van der Waals surface area contributed by atoms with Crippen molar-refractivity contribution in [2.75, 3.05) is 13.1 Å². The van der Waals surface area contributed by atoms with Gasteiger partial charge in [0.1, 0.15) is 5.82 Å². The number of benzene rings is 1. The van der Waals surface area contributed by atoms with Crippen LogP contribution in [0.25, 0.3) is 0 Å². The van der Waals surface area contributed by atoms with E-state index in [0.717, 1.165) is 31.0 Å². The molecule has 2 N–H and O–H groups in total. The zero-order chi connectivity index (χ0) is 11.4. The lowest BCUT2D eigenvalue weighted by Gasteiger charge is -2.16. The van der Waals surface area contributed by atoms with Gasteiger partial charge < -0.3 is 10.6 Å². The standard InChI is InChI=1S/C12H16FN3.HI/c1-9-7-10(3-4-11(9)13)8-16-12-14-5-2-6-15-12;/h3-4,7H,2,5-6,8H2,1H3,(H2,14,15,16);1H. The van der Waals surface area contributed by atoms with E-state index in [1.54, 1.807) is 13.0 Å². The highest BCUT2D eigenvalue weighted by molar-refractivity contribution is 14.0. The number of nitrogens with one attached hydrogen (secondary N) is 2. The topological polar surface area (TPSA) is 36.4 Å². The predicted molar refractivity (Wildman–Crippen MR) is 78.3 cm³/mol. The lowest BCUT2D eigenvalue weighted by Crippen LogP contribution is -2.40. The van der Waals surface area contributed by atoms with Crippen LogP contribution in [-0.4, -0.2) is 19.0 Å². The second-order valence-electron chi connectivity index (χ2n) is 3.95. The third-order valence-electron chi connectivity index (χ3n) is 2.58. The van der Waals surface area contributed by atoms with Gasteiger partial charge in [-0.3, -0.25) is 4.99 Å². The minimum absolute atomic E-state index is 0. The van der Waals surface area contributed by atoms with E-state index >= 15 is 0 Å². The van der Waals surface area contributed by atoms with Crippen LogP contribution >= 0.6 is 24.0 Å². The molecule has 0 radical (unpaired) electrons. The van der Waals surface area contributed by atoms with Gasteiger partial charge in [0.25, 0.3) is 0 Å². The van der Waals surface area contributed by atoms with Gasteiger partial charge in [0.05, 0.1) is 0 Å². The van der Waals surface area contributed by atoms with Crippen LogP contribution in [-0.2, 0) is 6.54 Å². The fraction of sp³-hybridized carbons (Fsp3) is 0.417. The summed E-state index contributed by atoms with van der Waals surface area (Å²) in [5.74, 6) is 0.685. The molecule has 3 nitrogen and oxygen atoms in total. The van der Waals surface area contributed by atoms with Crippen molar-refractivity contribution >= 4 is 29.9 Å². The van der Waals surface area contributed by atoms with Gasteiger partial charge in [-0.1, -0.05) is 12.1 Å². The van der Waals surface area contributed by atoms with Crippen molar-refractivity contribution in [3.63, 3.8) is 0 Å². The number of hydrogen-bond acceptors (Lipinski definition) is 3. The molecule has 1 aliphatic heterocycles. The van der Waals surface area contributed by atoms with Crippen LogP contribution in [0.2, 0.25) is 0 Å². The summed E-state index contributed by atoms with van der Waals surface area (Å²) in [4.78, 5) is 4.30. The van der Waals surface area contributed by atoms with Gasteiger partial charge in [-0.2, -0.15) is 0 Å². The molecule has 0 saturated heterocycles. The summed E-state index contributed by atoms with van der Waals surface area (Å²) >= 11 is 0. The molecule has 17 heavy (non-hydrogen) atoms. The highest BCUT2D eigenvalue weighted by Gasteiger charge is 2.03. The van der Waals surface area contributed by atoms with E-state index in [9.17, 15) is 4.39 Å². The van der Waals surface area contributed by atoms with Crippen molar-refractivity contribution in [2.24, 2.45) is 4.99 Å². The molecule has 0 fully saturated rings. The van der Waals surface area contributed by atoms with Gasteiger partial charge in [-0.15, -0.1) is 24.0 Å². The lowest BCUT2D eigenvalue weighted by molar-refractivity contribution is 0.617. The van der Waals surface area contributed by atoms with Gasteiger partial charge in [0.15, 0.2) is 5.96 Å². The van der Waals surface area contributed by atoms with Crippen molar-refractivity contribution < 1.29 is 4.39 Å². The molecule has 0 amide bonds. The zero-order valence-corrected chi connectivity index (χ0v) is 12.1. The Morgan fingerprint density at radius 3 is 2.94 bits per heavy atom. The van der Waals surface area contributed by atoms with E-state index in [-0.39, 0.29) is 29.8 Å². The first-order chi connectivity index (χ1) is 7.75. The summed E-state index contributed by atoms with van der Waals surface area (Å²) in [7, 11) is 0. The number of nitrogens with zero attached hydrogens (tertiary/aromatic N) is 1. The number of hydrogen-bond donors (Lipinski definition) is 2. The third-order valence-corrected chi connectivity index (χ3v) is 2.58. The number of aryl methyl sites for hydroxylation is 1. The van der Waals surface area contributed by atoms with Crippen molar-refractivity contribution in [3.8, 4) is 0 Å². The Balaban J connectivity index is 0.00000144. The van der Waals surface area contributed by atoms with E-state index < -0.39 is 0 Å². The molecule has 0 spiro atoms. The van der Waals surface area contributed by atoms with Crippen molar-refractivity contribution in [3.05, 3.63) is 35.1 Å². The molecular weight excluding hydrogens is 332 g/mol. The number of guanidine groups is 1. The van der Waals surface area contributed by atoms with E-state index in [1.807, 2.05) is 6.07 Å². The summed E-state index contributed by atoms with van der Waals surface area (Å²) < 4.78 is 13.0. The maximum Gasteiger partial charge on any atom is 0.191 e. The van der Waals surface area contributed by atoms with Crippen LogP contribution in [0.3, 0.4) is 0 Å². The molecule has 1 heterocycles. The van der Waals surface area contributed by atoms with E-state index in [2.05, 4.69) is 15.6 Å². The van der Waals surface area contributed by atoms with E-state index in [0.29, 0.717) is 12.1 Å². The smallest absolute Gasteiger partial charge is 0.191 e. The summed E-state index contributed by atoms with van der Waals surface area (Å²) in [5, 5.41) is 6.38. The van der Waals surface area contributed by atoms with Crippen molar-refractivity contribution in [1.82, 2.24) is 10.6 Å². The number of rotatable bonds is 2. The van der Waals surface area contributed by atoms with Crippen LogP contribution in [0.1, 0.15) is 17.5 Å². The average molecular weight is 349 g/mol. The first-order valence-corrected chi connectivity index (χ1v) is 5.53. The SMILES string of the molecule is Cc1cc(CNC2=NCCCN2)ccc1F.I. The average Bonchev–Trinajstić information content (AvgIpc) is 2.32. The van der Waals surface area contributed by atoms with Gasteiger partial charge in [0.2, 0.25) is 0 Å². The molecule has 94 valence electrons. The summed E-state index contributed by atoms with van der Waals surface area (Å²) in [6, 6.07) is 5.15. The minimum atomic E-state index is -0.156. The van der Waals surface area contributed by atoms with Gasteiger partial charge in [0, 0.05) is 19.6 Å². The summed E-state index contributed by atoms with van der Waals surface area (Å²) in [5.41, 5.74) is 1.74. The fourth-order valence-electron chi connectivity index (χ4n) is 1.65. The van der Waals surface area contributed by atoms with Crippen LogP contribution in [0.15, 0.2) is 23.2 Å². The molecule has 0 unspecified atom stereocenters. The molecule has 0 saturated carbocycles. The lowest BCUT2D eigenvalue weighted by atomic mass is 10.1. The Morgan fingerprint density at radius 1 is 1.47 bits per heavy atom. The highest BCUT2D eigenvalue weighted by Crippen LogP contribution is 2.08. The number of halogens is 2. The fourth-order valence-corrected chi connectivity index (χ4v) is 1.65. The van der Waals surface area contributed by atoms with Gasteiger partial charge in [-0.05, 0) is 30.5 Å². The molecule has 0 atom stereocenters. The normalized spacial score (nSPS) is 14.4. The van der Waals surface area contributed by atoms with E-state index in [1.165, 1.54) is 6.07 Å². The monoisotopic (exact) mass is 349 g/mol. The zero-order valence-electron chi connectivity index (χ0n) is 9.79. The molecule has 1 aromatic rings. The quantitative estimate of drug-likeness (QED) is 0.804. The Kier molecular flexibility index (Phi) is 5.67. The molecule has 1 aromatic carbocycles. The second-order valence-corrected chi connectivity index (χ2v) is 3.95. The summed E-state index contributed by atoms with van der Waals surface area (Å²) in [6.45, 7) is 4.29. The Labute approximate surface area is 118 Å². The van der Waals surface area contributed by atoms with Crippen LogP contribution in [0, 0.1) is 12.7 Å². The van der Waals surface area contributed by atoms with Crippen LogP contribution in [0.4, 0.5) is 4.39 Å². The first kappa shape index (κ1) is 14.2. The number of aliphatic imine (C=N–C) groups is 1. The molecular formula is C12H17FIN3. The molecule has 2 rings (SSSR count). The Hall–Kier alpha value is -0.850. The predicted octanol–water partition coefficient (Wildman–Crippen LogP) is 2.19. The first-order valence-electron chi connectivity index (χ1n) is 5.53. The molecule has 0 aromatic heterocycles. The molecule has 5 heteroatoms. The van der Waals surface area contributed by atoms with Crippen LogP contribution in [0.5, 0.6) is 0 Å². The maximum atomic E-state index is 13.0. The molecule has 1 aliphatic rings. The Bertz CT molecular complexity index is 407. The maximum absolute atomic E-state index is 13.0. The largest absolute Gasteiger partial charge is 0.356 e. The minimum Gasteiger partial charge on any atom is -0.356 e. The molecule has 0 aliphatic carbocycles. The van der Waals surface area contributed by atoms with Crippen molar-refractivity contribution in [1.29, 1.82) is 0 Å². The van der Waals surface area contributed by atoms with Crippen molar-refractivity contribution in [2.45, 2.75) is 19.9 Å². The molecule has 0 bridgehead atoms. The highest BCUT2D eigenvalue weighted by atomic mass is 127. The van der Waals surface area contributed by atoms with Gasteiger partial charge >= 0.3 is 0 Å². The van der Waals surface area contributed by atoms with E-state index in [4.69, 9.17) is 0 Å². The Morgan fingerprint density at radius 2 is 2.29 bits per heavy atom. The van der Waals surface area contributed by atoms with Gasteiger partial charge in [-0.25, -0.2) is 4.39 Å². The second kappa shape index (κ2) is 6.78. The third kappa shape index (κ3) is 4.14.